The third-order valence-electron chi connectivity index (χ3n) is 7.25. The third-order valence-corrected chi connectivity index (χ3v) is 8.13. The fourth-order valence-electron chi connectivity index (χ4n) is 4.84. The first-order chi connectivity index (χ1) is 18.5. The minimum absolute atomic E-state index is 0.322. The zero-order valence-electron chi connectivity index (χ0n) is 21.7. The summed E-state index contributed by atoms with van der Waals surface area (Å²) in [5.41, 5.74) is 6.49. The van der Waals surface area contributed by atoms with Gasteiger partial charge in [-0.3, -0.25) is 13.5 Å². The molecule has 14 nitrogen and oxygen atoms in total. The van der Waals surface area contributed by atoms with Gasteiger partial charge in [-0.2, -0.15) is 13.4 Å². The highest BCUT2D eigenvalue weighted by Crippen LogP contribution is 2.38. The van der Waals surface area contributed by atoms with Gasteiger partial charge in [0, 0.05) is 0 Å². The zero-order chi connectivity index (χ0) is 28.5. The molecule has 0 saturated carbocycles. The van der Waals surface area contributed by atoms with Crippen LogP contribution in [0, 0.1) is 5.82 Å². The molecule has 1 fully saturated rings. The fraction of sp³-hybridized carbons (Fsp3) is 0.522. The summed E-state index contributed by atoms with van der Waals surface area (Å²) >= 11 is 0. The van der Waals surface area contributed by atoms with Crippen molar-refractivity contribution in [1.82, 2.24) is 19.3 Å². The summed E-state index contributed by atoms with van der Waals surface area (Å²) in [5.74, 6) is -1.82. The largest absolute Gasteiger partial charge is 0.387 e. The Kier molecular flexibility index (Phi) is 8.36. The van der Waals surface area contributed by atoms with Gasteiger partial charge in [-0.15, -0.1) is 0 Å². The smallest absolute Gasteiger partial charge is 0.362 e. The highest BCUT2D eigenvalue weighted by molar-refractivity contribution is 7.85. The summed E-state index contributed by atoms with van der Waals surface area (Å²) in [5, 5.41) is 23.1. The Morgan fingerprint density at radius 1 is 1.21 bits per heavy atom. The number of aliphatic hydroxyl groups is 2. The molecule has 1 aromatic heterocycles. The monoisotopic (exact) mass is 570 g/mol. The molecule has 3 heterocycles. The van der Waals surface area contributed by atoms with E-state index in [4.69, 9.17) is 14.7 Å². The number of fused-ring (bicyclic) bond motifs is 1. The number of aromatic nitrogens is 2. The Balaban J connectivity index is 1.45. The highest BCUT2D eigenvalue weighted by atomic mass is 32.2. The number of aliphatic hydroxyl groups excluding tert-OH is 2. The number of imidazole rings is 1. The summed E-state index contributed by atoms with van der Waals surface area (Å²) in [6, 6.07) is 4.82. The topological polar surface area (TPSA) is 182 Å². The van der Waals surface area contributed by atoms with Gasteiger partial charge in [0.1, 0.15) is 36.2 Å². The van der Waals surface area contributed by atoms with E-state index in [-0.39, 0.29) is 0 Å². The number of hydrogen-bond donors (Lipinski definition) is 4. The second-order valence-corrected chi connectivity index (χ2v) is 10.5. The van der Waals surface area contributed by atoms with Gasteiger partial charge in [-0.1, -0.05) is 12.1 Å². The highest BCUT2D eigenvalue weighted by Gasteiger charge is 2.47. The van der Waals surface area contributed by atoms with E-state index in [0.29, 0.717) is 16.1 Å². The predicted octanol–water partition coefficient (Wildman–Crippen LogP) is 0.0570. The average Bonchev–Trinajstić information content (AvgIpc) is 3.46. The Morgan fingerprint density at radius 3 is 2.51 bits per heavy atom. The summed E-state index contributed by atoms with van der Waals surface area (Å²) in [4.78, 5) is 21.0. The maximum Gasteiger partial charge on any atom is 0.362 e. The number of carbonyl (C=O) groups is 1. The van der Waals surface area contributed by atoms with E-state index in [1.807, 2.05) is 5.01 Å². The van der Waals surface area contributed by atoms with E-state index >= 15 is 0 Å². The molecule has 1 amide bonds. The summed E-state index contributed by atoms with van der Waals surface area (Å²) in [6.45, 7) is 7.77. The van der Waals surface area contributed by atoms with Gasteiger partial charge in [0.05, 0.1) is 38.1 Å². The quantitative estimate of drug-likeness (QED) is 0.285. The van der Waals surface area contributed by atoms with Crippen molar-refractivity contribution in [3.8, 4) is 0 Å². The molecule has 0 spiro atoms. The number of rotatable bonds is 10. The predicted molar refractivity (Wildman–Crippen MR) is 136 cm³/mol. The number of nitrogens with one attached hydrogen (secondary N) is 1. The van der Waals surface area contributed by atoms with Crippen molar-refractivity contribution in [1.29, 1.82) is 0 Å². The molecule has 4 rings (SSSR count). The first-order valence-electron chi connectivity index (χ1n) is 12.5. The van der Waals surface area contributed by atoms with Crippen LogP contribution in [-0.2, 0) is 19.2 Å². The molecule has 3 unspecified atom stereocenters. The molecule has 39 heavy (non-hydrogen) atoms. The fourth-order valence-corrected chi connectivity index (χ4v) is 5.55. The molecule has 16 heteroatoms. The molecule has 2 aromatic rings. The molecule has 2 aliphatic rings. The van der Waals surface area contributed by atoms with Crippen molar-refractivity contribution in [2.45, 2.75) is 51.5 Å². The van der Waals surface area contributed by atoms with Crippen LogP contribution in [0.5, 0.6) is 0 Å². The third kappa shape index (κ3) is 5.41. The van der Waals surface area contributed by atoms with Crippen LogP contribution < -0.4 is 10.5 Å². The molecule has 0 bridgehead atoms. The van der Waals surface area contributed by atoms with Crippen molar-refractivity contribution in [3.63, 3.8) is 0 Å². The number of halogens is 1. The second-order valence-electron chi connectivity index (χ2n) is 9.17. The Hall–Kier alpha value is -2.99. The lowest BCUT2D eigenvalue weighted by Crippen LogP contribution is -2.62. The lowest BCUT2D eigenvalue weighted by molar-refractivity contribution is -1.02. The van der Waals surface area contributed by atoms with Gasteiger partial charge in [-0.25, -0.2) is 23.7 Å². The van der Waals surface area contributed by atoms with Crippen LogP contribution in [0.15, 0.2) is 35.6 Å². The average molecular weight is 571 g/mol. The van der Waals surface area contributed by atoms with Gasteiger partial charge in [0.15, 0.2) is 18.2 Å². The van der Waals surface area contributed by atoms with Crippen LogP contribution in [0.3, 0.4) is 0 Å². The number of hydrogen-bond acceptors (Lipinski definition) is 11. The number of amides is 1. The van der Waals surface area contributed by atoms with Crippen LogP contribution in [0.4, 0.5) is 10.2 Å². The number of nitrogens with two attached hydrogens (primary N) is 1. The van der Waals surface area contributed by atoms with E-state index in [0.717, 1.165) is 31.8 Å². The van der Waals surface area contributed by atoms with E-state index in [2.05, 4.69) is 30.7 Å². The second kappa shape index (κ2) is 11.2. The summed E-state index contributed by atoms with van der Waals surface area (Å²) in [6.07, 6.45) is -3.17. The van der Waals surface area contributed by atoms with E-state index in [9.17, 15) is 27.8 Å². The molecule has 214 valence electrons. The first-order valence-corrected chi connectivity index (χ1v) is 13.9. The molecule has 5 N–H and O–H groups in total. The van der Waals surface area contributed by atoms with E-state index in [1.165, 1.54) is 23.0 Å². The number of ether oxygens (including phenoxy) is 1. The molecule has 5 atom stereocenters. The minimum Gasteiger partial charge on any atom is -0.387 e. The lowest BCUT2D eigenvalue weighted by atomic mass is 10.1. The molecular formula is C23H33FN7O7S+. The number of benzene rings is 1. The van der Waals surface area contributed by atoms with Crippen molar-refractivity contribution in [2.75, 3.05) is 26.2 Å². The Labute approximate surface area is 225 Å². The van der Waals surface area contributed by atoms with Gasteiger partial charge in [0.2, 0.25) is 0 Å². The lowest BCUT2D eigenvalue weighted by Gasteiger charge is -2.46. The summed E-state index contributed by atoms with van der Waals surface area (Å²) in [7, 11) is -4.70. The molecule has 1 saturated heterocycles. The van der Waals surface area contributed by atoms with Gasteiger partial charge in [-0.05, 0) is 32.9 Å². The zero-order valence-corrected chi connectivity index (χ0v) is 22.5. The number of aliphatic imine (C=N–C) groups is 1. The molecule has 1 aromatic carbocycles. The van der Waals surface area contributed by atoms with Crippen molar-refractivity contribution >= 4 is 28.4 Å². The van der Waals surface area contributed by atoms with Gasteiger partial charge in [0.25, 0.3) is 5.91 Å². The summed E-state index contributed by atoms with van der Waals surface area (Å²) < 4.78 is 52.4. The van der Waals surface area contributed by atoms with Crippen LogP contribution in [0.2, 0.25) is 0 Å². The van der Waals surface area contributed by atoms with E-state index in [1.54, 1.807) is 11.1 Å². The van der Waals surface area contributed by atoms with Crippen LogP contribution in [-0.4, -0.2) is 94.6 Å². The van der Waals surface area contributed by atoms with Gasteiger partial charge < -0.3 is 20.7 Å². The van der Waals surface area contributed by atoms with Crippen molar-refractivity contribution in [3.05, 3.63) is 47.7 Å². The van der Waals surface area contributed by atoms with Crippen LogP contribution in [0.25, 0.3) is 0 Å². The number of carbonyl (C=O) groups excluding carboxylic acids is 1. The number of nitrogens with zero attached hydrogens (tertiary/aromatic N) is 5. The van der Waals surface area contributed by atoms with Crippen molar-refractivity contribution in [2.24, 2.45) is 10.7 Å². The minimum atomic E-state index is -4.70. The molecule has 2 aliphatic heterocycles. The SMILES string of the molecule is CC[N+](CC)(CC)N1C=Nc2c(ncn2[C@@H]2O[C@H](COS(=O)(=O)NC(=O)c3ccccc3F)C(O)C2O)C1N. The van der Waals surface area contributed by atoms with Crippen LogP contribution in [0.1, 0.15) is 49.2 Å². The normalized spacial score (nSPS) is 25.1. The Morgan fingerprint density at radius 2 is 1.87 bits per heavy atom. The molecular weight excluding hydrogens is 537 g/mol. The molecule has 0 radical (unpaired) electrons. The standard InChI is InChI=1S/C23H32FN7O7S/c1-4-31(5-2,6-3)30-13-27-21-17(20(30)25)26-12-29(21)23-19(33)18(32)16(38-23)11-37-39(35,36)28-22(34)14-9-7-8-10-15(14)24/h7-10,12-13,16,18-20,23,32-33H,4-6,11,25H2,1-3H3/p+1/t16-,18?,19?,20?,23-/m1/s1. The first kappa shape index (κ1) is 29.0. The number of quaternary nitrogens is 1. The Bertz CT molecular complexity index is 1330. The molecule has 0 aliphatic carbocycles. The van der Waals surface area contributed by atoms with Gasteiger partial charge >= 0.3 is 10.3 Å². The van der Waals surface area contributed by atoms with Crippen LogP contribution >= 0.6 is 0 Å². The van der Waals surface area contributed by atoms with Crippen molar-refractivity contribution < 1.29 is 41.3 Å². The van der Waals surface area contributed by atoms with E-state index < -0.39 is 64.9 Å². The maximum absolute atomic E-state index is 13.8. The maximum atomic E-state index is 13.8.